The Balaban J connectivity index is 4.24. The van der Waals surface area contributed by atoms with Gasteiger partial charge >= 0.3 is 0 Å². The molecule has 10 heavy (non-hydrogen) atoms. The van der Waals surface area contributed by atoms with Crippen LogP contribution in [0.15, 0.2) is 21.8 Å². The van der Waals surface area contributed by atoms with Gasteiger partial charge in [-0.05, 0) is 19.2 Å². The van der Waals surface area contributed by atoms with E-state index in [0.29, 0.717) is 5.17 Å². The largest absolute Gasteiger partial charge is 0.276 e. The third-order valence-corrected chi connectivity index (χ3v) is 1.34. The topological polar surface area (TPSA) is 24.7 Å². The second-order valence-corrected chi connectivity index (χ2v) is 2.08. The van der Waals surface area contributed by atoms with Crippen LogP contribution in [0.1, 0.15) is 13.3 Å². The predicted molar refractivity (Wildman–Crippen MR) is 47.1 cm³/mol. The van der Waals surface area contributed by atoms with Crippen molar-refractivity contribution < 1.29 is 0 Å². The molecular formula is C7H11ClN2. The van der Waals surface area contributed by atoms with Gasteiger partial charge in [0.25, 0.3) is 0 Å². The zero-order valence-corrected chi connectivity index (χ0v) is 7.02. The van der Waals surface area contributed by atoms with Crippen LogP contribution in [0.3, 0.4) is 0 Å². The molecule has 0 N–H and O–H groups in total. The normalized spacial score (nSPS) is 13.5. The van der Waals surface area contributed by atoms with Gasteiger partial charge in [0.2, 0.25) is 0 Å². The maximum atomic E-state index is 5.60. The van der Waals surface area contributed by atoms with Crippen molar-refractivity contribution >= 4 is 23.5 Å². The summed E-state index contributed by atoms with van der Waals surface area (Å²) in [5, 5.41) is 0.462. The highest BCUT2D eigenvalue weighted by molar-refractivity contribution is 6.68. The number of hydrogen-bond acceptors (Lipinski definition) is 2. The Morgan fingerprint density at radius 2 is 2.30 bits per heavy atom. The van der Waals surface area contributed by atoms with E-state index in [1.165, 1.54) is 0 Å². The Hall–Kier alpha value is -0.630. The minimum absolute atomic E-state index is 0.462. The van der Waals surface area contributed by atoms with E-state index >= 15 is 0 Å². The third kappa shape index (κ3) is 3.41. The van der Waals surface area contributed by atoms with Gasteiger partial charge in [-0.2, -0.15) is 0 Å². The smallest absolute Gasteiger partial charge is 0.125 e. The van der Waals surface area contributed by atoms with E-state index in [4.69, 9.17) is 11.6 Å². The van der Waals surface area contributed by atoms with Crippen LogP contribution in [-0.4, -0.2) is 18.9 Å². The molecule has 0 radical (unpaired) electrons. The summed E-state index contributed by atoms with van der Waals surface area (Å²) in [6, 6.07) is 0. The molecule has 0 fully saturated rings. The van der Waals surface area contributed by atoms with Crippen LogP contribution < -0.4 is 0 Å². The van der Waals surface area contributed by atoms with Gasteiger partial charge in [-0.15, -0.1) is 0 Å². The molecule has 0 heterocycles. The summed E-state index contributed by atoms with van der Waals surface area (Å²) in [5.74, 6) is 0. The molecule has 0 unspecified atom stereocenters. The number of rotatable bonds is 3. The molecule has 0 rings (SSSR count). The zero-order valence-electron chi connectivity index (χ0n) is 6.26. The first-order valence-electron chi connectivity index (χ1n) is 3.04. The third-order valence-electron chi connectivity index (χ3n) is 1.06. The van der Waals surface area contributed by atoms with Crippen LogP contribution in [0, 0.1) is 0 Å². The predicted octanol–water partition coefficient (Wildman–Crippen LogP) is 2.25. The van der Waals surface area contributed by atoms with E-state index in [2.05, 4.69) is 16.7 Å². The summed E-state index contributed by atoms with van der Waals surface area (Å²) in [5.41, 5.74) is 0.857. The molecule has 0 saturated heterocycles. The summed E-state index contributed by atoms with van der Waals surface area (Å²) in [7, 11) is 1.63. The molecule has 3 heteroatoms. The lowest BCUT2D eigenvalue weighted by Crippen LogP contribution is -1.82. The highest BCUT2D eigenvalue weighted by atomic mass is 35.5. The van der Waals surface area contributed by atoms with Gasteiger partial charge < -0.3 is 0 Å². The molecule has 0 atom stereocenters. The van der Waals surface area contributed by atoms with Crippen molar-refractivity contribution in [2.24, 2.45) is 9.98 Å². The van der Waals surface area contributed by atoms with Gasteiger partial charge in [0.15, 0.2) is 0 Å². The highest BCUT2D eigenvalue weighted by Crippen LogP contribution is 2.02. The second kappa shape index (κ2) is 5.18. The van der Waals surface area contributed by atoms with E-state index in [1.54, 1.807) is 13.1 Å². The van der Waals surface area contributed by atoms with Crippen LogP contribution in [0.2, 0.25) is 0 Å². The van der Waals surface area contributed by atoms with E-state index in [1.807, 2.05) is 6.92 Å². The molecule has 0 aromatic carbocycles. The summed E-state index contributed by atoms with van der Waals surface area (Å²) < 4.78 is 0. The summed E-state index contributed by atoms with van der Waals surface area (Å²) >= 11 is 5.60. The first-order chi connectivity index (χ1) is 4.74. The fourth-order valence-corrected chi connectivity index (χ4v) is 0.587. The molecule has 0 aromatic rings. The SMILES string of the molecule is C=NC(=CC(Cl)=NC)CC. The van der Waals surface area contributed by atoms with Crippen molar-refractivity contribution in [1.82, 2.24) is 0 Å². The molecule has 0 aliphatic carbocycles. The van der Waals surface area contributed by atoms with Crippen LogP contribution in [-0.2, 0) is 0 Å². The maximum Gasteiger partial charge on any atom is 0.125 e. The lowest BCUT2D eigenvalue weighted by Gasteiger charge is -1.92. The van der Waals surface area contributed by atoms with Gasteiger partial charge in [0, 0.05) is 12.7 Å². The molecule has 0 spiro atoms. The Kier molecular flexibility index (Phi) is 4.85. The minimum Gasteiger partial charge on any atom is -0.276 e. The van der Waals surface area contributed by atoms with Crippen LogP contribution in [0.4, 0.5) is 0 Å². The van der Waals surface area contributed by atoms with Gasteiger partial charge in [-0.25, -0.2) is 0 Å². The van der Waals surface area contributed by atoms with Crippen molar-refractivity contribution in [2.45, 2.75) is 13.3 Å². The summed E-state index contributed by atoms with van der Waals surface area (Å²) in [4.78, 5) is 7.48. The molecule has 0 aliphatic heterocycles. The monoisotopic (exact) mass is 158 g/mol. The van der Waals surface area contributed by atoms with E-state index in [0.717, 1.165) is 12.1 Å². The Bertz CT molecular complexity index is 170. The Morgan fingerprint density at radius 1 is 1.70 bits per heavy atom. The van der Waals surface area contributed by atoms with E-state index in [-0.39, 0.29) is 0 Å². The van der Waals surface area contributed by atoms with Crippen molar-refractivity contribution in [1.29, 1.82) is 0 Å². The fourth-order valence-electron chi connectivity index (χ4n) is 0.462. The number of nitrogens with zero attached hydrogens (tertiary/aromatic N) is 2. The molecule has 0 amide bonds. The molecule has 2 nitrogen and oxygen atoms in total. The second-order valence-electron chi connectivity index (χ2n) is 1.69. The molecule has 56 valence electrons. The number of hydrogen-bond donors (Lipinski definition) is 0. The Labute approximate surface area is 66.3 Å². The van der Waals surface area contributed by atoms with Gasteiger partial charge in [0.1, 0.15) is 5.17 Å². The lowest BCUT2D eigenvalue weighted by molar-refractivity contribution is 1.08. The quantitative estimate of drug-likeness (QED) is 0.563. The maximum absolute atomic E-state index is 5.60. The van der Waals surface area contributed by atoms with E-state index < -0.39 is 0 Å². The average Bonchev–Trinajstić information content (AvgIpc) is 1.99. The molecule has 0 bridgehead atoms. The summed E-state index contributed by atoms with van der Waals surface area (Å²) in [6.45, 7) is 5.37. The fraction of sp³-hybridized carbons (Fsp3) is 0.429. The Morgan fingerprint density at radius 3 is 2.60 bits per heavy atom. The first-order valence-corrected chi connectivity index (χ1v) is 3.42. The standard InChI is InChI=1S/C7H11ClN2/c1-4-6(9-2)5-7(8)10-3/h5H,2,4H2,1,3H3. The summed E-state index contributed by atoms with van der Waals surface area (Å²) in [6.07, 6.45) is 2.53. The van der Waals surface area contributed by atoms with Crippen molar-refractivity contribution in [3.63, 3.8) is 0 Å². The first kappa shape index (κ1) is 9.37. The molecule has 0 saturated carbocycles. The van der Waals surface area contributed by atoms with Gasteiger partial charge in [-0.3, -0.25) is 9.98 Å². The highest BCUT2D eigenvalue weighted by Gasteiger charge is 1.89. The molecule has 0 aromatic heterocycles. The van der Waals surface area contributed by atoms with Crippen LogP contribution in [0.25, 0.3) is 0 Å². The zero-order chi connectivity index (χ0) is 7.98. The lowest BCUT2D eigenvalue weighted by atomic mass is 10.3. The molecule has 0 aliphatic rings. The number of halogens is 1. The van der Waals surface area contributed by atoms with Gasteiger partial charge in [0.05, 0.1) is 0 Å². The van der Waals surface area contributed by atoms with E-state index in [9.17, 15) is 0 Å². The minimum atomic E-state index is 0.462. The van der Waals surface area contributed by atoms with Crippen LogP contribution >= 0.6 is 11.6 Å². The molecular weight excluding hydrogens is 148 g/mol. The number of aliphatic imine (C=N–C) groups is 2. The number of allylic oxidation sites excluding steroid dienone is 2. The average molecular weight is 159 g/mol. The van der Waals surface area contributed by atoms with Crippen molar-refractivity contribution in [2.75, 3.05) is 7.05 Å². The van der Waals surface area contributed by atoms with Crippen molar-refractivity contribution in [3.05, 3.63) is 11.8 Å². The van der Waals surface area contributed by atoms with Gasteiger partial charge in [-0.1, -0.05) is 18.5 Å². The van der Waals surface area contributed by atoms with Crippen LogP contribution in [0.5, 0.6) is 0 Å². The van der Waals surface area contributed by atoms with Crippen molar-refractivity contribution in [3.8, 4) is 0 Å².